The molecule has 7 heteroatoms. The van der Waals surface area contributed by atoms with Crippen LogP contribution < -0.4 is 4.74 Å². The van der Waals surface area contributed by atoms with Gasteiger partial charge in [0.05, 0.1) is 24.7 Å². The van der Waals surface area contributed by atoms with E-state index in [1.165, 1.54) is 0 Å². The third-order valence-electron chi connectivity index (χ3n) is 4.04. The van der Waals surface area contributed by atoms with E-state index in [1.807, 2.05) is 4.90 Å². The first-order valence-corrected chi connectivity index (χ1v) is 7.41. The number of piperazine rings is 1. The fourth-order valence-corrected chi connectivity index (χ4v) is 2.58. The van der Waals surface area contributed by atoms with E-state index in [2.05, 4.69) is 23.0 Å². The summed E-state index contributed by atoms with van der Waals surface area (Å²) in [6.07, 6.45) is 1.51. The van der Waals surface area contributed by atoms with Crippen molar-refractivity contribution in [1.29, 1.82) is 5.26 Å². The van der Waals surface area contributed by atoms with E-state index >= 15 is 0 Å². The molecule has 0 aromatic carbocycles. The molecule has 0 atom stereocenters. The molecule has 116 valence electrons. The highest BCUT2D eigenvalue weighted by atomic mass is 16.5. The van der Waals surface area contributed by atoms with E-state index in [9.17, 15) is 4.79 Å². The van der Waals surface area contributed by atoms with Crippen LogP contribution in [0.25, 0.3) is 0 Å². The molecule has 0 spiro atoms. The number of carbonyl (C=O) groups is 1. The second-order valence-electron chi connectivity index (χ2n) is 5.71. The minimum absolute atomic E-state index is 0.0437. The molecule has 2 saturated heterocycles. The SMILES string of the molecule is CN1CCN(C(=O)N2CC(Oc3cc(C#N)ccn3)C2)CC1. The van der Waals surface area contributed by atoms with Gasteiger partial charge in [-0.1, -0.05) is 0 Å². The van der Waals surface area contributed by atoms with Gasteiger partial charge in [-0.2, -0.15) is 5.26 Å². The van der Waals surface area contributed by atoms with Crippen LogP contribution >= 0.6 is 0 Å². The Kier molecular flexibility index (Phi) is 4.11. The molecule has 2 aliphatic rings. The van der Waals surface area contributed by atoms with Crippen LogP contribution in [0.1, 0.15) is 5.56 Å². The van der Waals surface area contributed by atoms with Crippen molar-refractivity contribution >= 4 is 6.03 Å². The molecule has 0 aliphatic carbocycles. The number of amides is 2. The number of carbonyl (C=O) groups excluding carboxylic acids is 1. The Hall–Kier alpha value is -2.33. The molecule has 0 N–H and O–H groups in total. The van der Waals surface area contributed by atoms with Gasteiger partial charge in [0.25, 0.3) is 0 Å². The minimum Gasteiger partial charge on any atom is -0.471 e. The van der Waals surface area contributed by atoms with E-state index in [0.29, 0.717) is 24.5 Å². The zero-order chi connectivity index (χ0) is 15.5. The lowest BCUT2D eigenvalue weighted by Gasteiger charge is -2.43. The van der Waals surface area contributed by atoms with Gasteiger partial charge in [0.2, 0.25) is 5.88 Å². The van der Waals surface area contributed by atoms with Gasteiger partial charge in [-0.3, -0.25) is 0 Å². The van der Waals surface area contributed by atoms with Crippen LogP contribution in [-0.2, 0) is 0 Å². The molecular weight excluding hydrogens is 282 g/mol. The van der Waals surface area contributed by atoms with Crippen LogP contribution in [0.5, 0.6) is 5.88 Å². The van der Waals surface area contributed by atoms with Gasteiger partial charge < -0.3 is 19.4 Å². The molecular formula is C15H19N5O2. The summed E-state index contributed by atoms with van der Waals surface area (Å²) in [5.74, 6) is 0.441. The zero-order valence-electron chi connectivity index (χ0n) is 12.6. The Labute approximate surface area is 129 Å². The summed E-state index contributed by atoms with van der Waals surface area (Å²) in [4.78, 5) is 22.3. The maximum absolute atomic E-state index is 12.3. The highest BCUT2D eigenvalue weighted by Crippen LogP contribution is 2.18. The quantitative estimate of drug-likeness (QED) is 0.790. The number of aromatic nitrogens is 1. The van der Waals surface area contributed by atoms with Gasteiger partial charge in [-0.05, 0) is 13.1 Å². The molecule has 0 unspecified atom stereocenters. The van der Waals surface area contributed by atoms with Crippen LogP contribution in [0.4, 0.5) is 4.79 Å². The Bertz CT molecular complexity index is 586. The fourth-order valence-electron chi connectivity index (χ4n) is 2.58. The van der Waals surface area contributed by atoms with Crippen LogP contribution in [0, 0.1) is 11.3 Å². The second kappa shape index (κ2) is 6.20. The van der Waals surface area contributed by atoms with E-state index in [4.69, 9.17) is 10.00 Å². The van der Waals surface area contributed by atoms with Crippen LogP contribution in [0.15, 0.2) is 18.3 Å². The molecule has 22 heavy (non-hydrogen) atoms. The molecule has 1 aromatic heterocycles. The molecule has 3 rings (SSSR count). The summed E-state index contributed by atoms with van der Waals surface area (Å²) in [6, 6.07) is 5.40. The number of hydrogen-bond donors (Lipinski definition) is 0. The third kappa shape index (κ3) is 3.12. The number of nitrogens with zero attached hydrogens (tertiary/aromatic N) is 5. The number of hydrogen-bond acceptors (Lipinski definition) is 5. The van der Waals surface area contributed by atoms with Gasteiger partial charge in [0, 0.05) is 38.4 Å². The Balaban J connectivity index is 1.47. The predicted octanol–water partition coefficient (Wildman–Crippen LogP) is 0.384. The largest absolute Gasteiger partial charge is 0.471 e. The highest BCUT2D eigenvalue weighted by molar-refractivity contribution is 5.75. The van der Waals surface area contributed by atoms with E-state index in [1.54, 1.807) is 23.2 Å². The first kappa shape index (κ1) is 14.6. The van der Waals surface area contributed by atoms with Crippen LogP contribution in [0.2, 0.25) is 0 Å². The highest BCUT2D eigenvalue weighted by Gasteiger charge is 2.35. The van der Waals surface area contributed by atoms with Crippen molar-refractivity contribution in [3.8, 4) is 11.9 Å². The Morgan fingerprint density at radius 1 is 1.32 bits per heavy atom. The number of rotatable bonds is 2. The first-order valence-electron chi connectivity index (χ1n) is 7.41. The second-order valence-corrected chi connectivity index (χ2v) is 5.71. The summed E-state index contributed by atoms with van der Waals surface area (Å²) in [5, 5.41) is 8.85. The molecule has 2 amide bonds. The average Bonchev–Trinajstić information content (AvgIpc) is 2.51. The van der Waals surface area contributed by atoms with Crippen LogP contribution in [0.3, 0.4) is 0 Å². The maximum Gasteiger partial charge on any atom is 0.320 e. The van der Waals surface area contributed by atoms with Gasteiger partial charge in [-0.25, -0.2) is 9.78 Å². The third-order valence-corrected chi connectivity index (χ3v) is 4.04. The number of likely N-dealkylation sites (N-methyl/N-ethyl adjacent to an activating group) is 1. The lowest BCUT2D eigenvalue weighted by atomic mass is 10.2. The molecule has 2 fully saturated rings. The summed E-state index contributed by atoms with van der Waals surface area (Å²) < 4.78 is 5.69. The van der Waals surface area contributed by atoms with Crippen molar-refractivity contribution in [3.63, 3.8) is 0 Å². The molecule has 0 bridgehead atoms. The fraction of sp³-hybridized carbons (Fsp3) is 0.533. The van der Waals surface area contributed by atoms with Gasteiger partial charge in [0.15, 0.2) is 0 Å². The van der Waals surface area contributed by atoms with Crippen LogP contribution in [-0.4, -0.2) is 78.1 Å². The lowest BCUT2D eigenvalue weighted by Crippen LogP contribution is -2.61. The summed E-state index contributed by atoms with van der Waals surface area (Å²) in [7, 11) is 2.07. The number of urea groups is 1. The van der Waals surface area contributed by atoms with Crippen molar-refractivity contribution < 1.29 is 9.53 Å². The van der Waals surface area contributed by atoms with Gasteiger partial charge in [0.1, 0.15) is 6.10 Å². The average molecular weight is 301 g/mol. The van der Waals surface area contributed by atoms with Crippen molar-refractivity contribution in [2.45, 2.75) is 6.10 Å². The normalized spacial score (nSPS) is 19.5. The Morgan fingerprint density at radius 3 is 2.73 bits per heavy atom. The summed E-state index contributed by atoms with van der Waals surface area (Å²) >= 11 is 0. The Morgan fingerprint density at radius 2 is 2.05 bits per heavy atom. The zero-order valence-corrected chi connectivity index (χ0v) is 12.6. The maximum atomic E-state index is 12.3. The molecule has 0 radical (unpaired) electrons. The van der Waals surface area contributed by atoms with Crippen molar-refractivity contribution in [2.75, 3.05) is 46.3 Å². The molecule has 3 heterocycles. The predicted molar refractivity (Wildman–Crippen MR) is 79.4 cm³/mol. The van der Waals surface area contributed by atoms with Crippen molar-refractivity contribution in [3.05, 3.63) is 23.9 Å². The molecule has 7 nitrogen and oxygen atoms in total. The molecule has 0 saturated carbocycles. The smallest absolute Gasteiger partial charge is 0.320 e. The number of ether oxygens (including phenoxy) is 1. The van der Waals surface area contributed by atoms with E-state index < -0.39 is 0 Å². The van der Waals surface area contributed by atoms with E-state index in [0.717, 1.165) is 26.2 Å². The molecule has 2 aliphatic heterocycles. The minimum atomic E-state index is -0.0437. The lowest BCUT2D eigenvalue weighted by molar-refractivity contribution is 0.0233. The topological polar surface area (TPSA) is 72.7 Å². The molecule has 1 aromatic rings. The first-order chi connectivity index (χ1) is 10.7. The number of likely N-dealkylation sites (tertiary alicyclic amines) is 1. The summed E-state index contributed by atoms with van der Waals surface area (Å²) in [5.41, 5.74) is 0.523. The number of nitriles is 1. The number of pyridine rings is 1. The van der Waals surface area contributed by atoms with Gasteiger partial charge >= 0.3 is 6.03 Å². The van der Waals surface area contributed by atoms with Crippen molar-refractivity contribution in [2.24, 2.45) is 0 Å². The van der Waals surface area contributed by atoms with Gasteiger partial charge in [-0.15, -0.1) is 0 Å². The standard InChI is InChI=1S/C15H19N5O2/c1-18-4-6-19(7-5-18)15(21)20-10-13(11-20)22-14-8-12(9-16)2-3-17-14/h2-3,8,13H,4-7,10-11H2,1H3. The summed E-state index contributed by atoms with van der Waals surface area (Å²) in [6.45, 7) is 4.55. The monoisotopic (exact) mass is 301 g/mol. The van der Waals surface area contributed by atoms with Crippen molar-refractivity contribution in [1.82, 2.24) is 19.7 Å². The van der Waals surface area contributed by atoms with E-state index in [-0.39, 0.29) is 12.1 Å².